The molecule has 2 amide bonds. The van der Waals surface area contributed by atoms with E-state index in [1.54, 1.807) is 42.6 Å². The smallest absolute Gasteiger partial charge is 0.287 e. The van der Waals surface area contributed by atoms with Crippen molar-refractivity contribution in [1.29, 1.82) is 0 Å². The Bertz CT molecular complexity index is 921. The van der Waals surface area contributed by atoms with Crippen LogP contribution in [0, 0.1) is 0 Å². The Morgan fingerprint density at radius 3 is 2.58 bits per heavy atom. The van der Waals surface area contributed by atoms with Crippen LogP contribution in [0.25, 0.3) is 11.4 Å². The molecule has 2 heterocycles. The molecule has 0 aliphatic heterocycles. The van der Waals surface area contributed by atoms with Crippen LogP contribution in [-0.2, 0) is 16.0 Å². The van der Waals surface area contributed by atoms with E-state index in [-0.39, 0.29) is 11.3 Å². The van der Waals surface area contributed by atoms with Crippen LogP contribution >= 0.6 is 11.5 Å². The molecule has 3 aromatic rings. The summed E-state index contributed by atoms with van der Waals surface area (Å²) in [7, 11) is 0. The van der Waals surface area contributed by atoms with Gasteiger partial charge in [0.05, 0.1) is 5.69 Å². The summed E-state index contributed by atoms with van der Waals surface area (Å²) in [6, 6.07) is 11.5. The minimum atomic E-state index is -1.10. The van der Waals surface area contributed by atoms with E-state index in [0.717, 1.165) is 17.1 Å². The van der Waals surface area contributed by atoms with E-state index < -0.39 is 23.6 Å². The molecule has 26 heavy (non-hydrogen) atoms. The van der Waals surface area contributed by atoms with Gasteiger partial charge in [0.25, 0.3) is 11.8 Å². The molecule has 9 heteroatoms. The lowest BCUT2D eigenvalue weighted by atomic mass is 10.0. The summed E-state index contributed by atoms with van der Waals surface area (Å²) in [4.78, 5) is 39.3. The number of aromatic amines is 1. The summed E-state index contributed by atoms with van der Waals surface area (Å²) < 4.78 is 3.80. The van der Waals surface area contributed by atoms with E-state index in [2.05, 4.69) is 19.9 Å². The van der Waals surface area contributed by atoms with Crippen LogP contribution in [0.15, 0.2) is 48.7 Å². The number of nitrogens with one attached hydrogen (secondary N) is 2. The van der Waals surface area contributed by atoms with Gasteiger partial charge in [-0.05, 0) is 29.2 Å². The fourth-order valence-corrected chi connectivity index (χ4v) is 3.03. The summed E-state index contributed by atoms with van der Waals surface area (Å²) in [5.41, 5.74) is 6.92. The molecule has 8 nitrogen and oxygen atoms in total. The standard InChI is InChI=1S/C17H15N5O3S/c18-16(24)14(23)12(9-10-5-2-1-3-6-10)20-17(25)15-13(21-22-26-15)11-7-4-8-19-11/h1-8,12,19H,9H2,(H2,18,24)(H,20,25). The second-order valence-electron chi connectivity index (χ2n) is 5.48. The number of Topliss-reactive ketones (excluding diaryl/α,β-unsaturated/α-hetero) is 1. The zero-order valence-electron chi connectivity index (χ0n) is 13.5. The van der Waals surface area contributed by atoms with Gasteiger partial charge in [-0.3, -0.25) is 14.4 Å². The maximum atomic E-state index is 12.7. The van der Waals surface area contributed by atoms with Gasteiger partial charge in [-0.15, -0.1) is 5.10 Å². The normalized spacial score (nSPS) is 11.7. The van der Waals surface area contributed by atoms with Gasteiger partial charge in [0.2, 0.25) is 5.78 Å². The molecule has 0 saturated heterocycles. The summed E-state index contributed by atoms with van der Waals surface area (Å²) in [5, 5.41) is 6.53. The molecule has 2 aromatic heterocycles. The van der Waals surface area contributed by atoms with Crippen molar-refractivity contribution in [3.8, 4) is 11.4 Å². The predicted octanol–water partition coefficient (Wildman–Crippen LogP) is 0.929. The first-order valence-corrected chi connectivity index (χ1v) is 8.48. The van der Waals surface area contributed by atoms with Crippen LogP contribution < -0.4 is 11.1 Å². The van der Waals surface area contributed by atoms with Gasteiger partial charge in [0, 0.05) is 12.6 Å². The SMILES string of the molecule is NC(=O)C(=O)C(Cc1ccccc1)NC(=O)c1snnc1-c1ccc[nH]1. The van der Waals surface area contributed by atoms with Crippen molar-refractivity contribution in [1.82, 2.24) is 19.9 Å². The van der Waals surface area contributed by atoms with E-state index in [1.165, 1.54) is 0 Å². The minimum Gasteiger partial charge on any atom is -0.363 e. The summed E-state index contributed by atoms with van der Waals surface area (Å²) >= 11 is 0.904. The number of benzene rings is 1. The number of H-pyrrole nitrogens is 1. The molecular formula is C17H15N5O3S. The highest BCUT2D eigenvalue weighted by atomic mass is 32.1. The molecule has 3 rings (SSSR count). The highest BCUT2D eigenvalue weighted by Gasteiger charge is 2.28. The van der Waals surface area contributed by atoms with Crippen LogP contribution in [0.4, 0.5) is 0 Å². The lowest BCUT2D eigenvalue weighted by Gasteiger charge is -2.16. The van der Waals surface area contributed by atoms with Gasteiger partial charge < -0.3 is 16.0 Å². The molecule has 1 atom stereocenters. The third kappa shape index (κ3) is 3.83. The van der Waals surface area contributed by atoms with Crippen molar-refractivity contribution < 1.29 is 14.4 Å². The second-order valence-corrected chi connectivity index (χ2v) is 6.23. The van der Waals surface area contributed by atoms with Crippen molar-refractivity contribution in [2.45, 2.75) is 12.5 Å². The van der Waals surface area contributed by atoms with Crippen molar-refractivity contribution in [3.05, 3.63) is 59.1 Å². The van der Waals surface area contributed by atoms with E-state index >= 15 is 0 Å². The first-order chi connectivity index (χ1) is 12.6. The second kappa shape index (κ2) is 7.70. The Balaban J connectivity index is 1.83. The van der Waals surface area contributed by atoms with Gasteiger partial charge in [-0.1, -0.05) is 34.8 Å². The fourth-order valence-electron chi connectivity index (χ4n) is 2.45. The monoisotopic (exact) mass is 369 g/mol. The number of aromatic nitrogens is 3. The Hall–Kier alpha value is -3.33. The average Bonchev–Trinajstić information content (AvgIpc) is 3.32. The Labute approximate surface area is 152 Å². The fraction of sp³-hybridized carbons (Fsp3) is 0.118. The molecule has 1 aromatic carbocycles. The number of carbonyl (C=O) groups excluding carboxylic acids is 3. The lowest BCUT2D eigenvalue weighted by Crippen LogP contribution is -2.47. The minimum absolute atomic E-state index is 0.151. The number of amides is 2. The number of nitrogens with zero attached hydrogens (tertiary/aromatic N) is 2. The highest BCUT2D eigenvalue weighted by molar-refractivity contribution is 7.08. The predicted molar refractivity (Wildman–Crippen MR) is 95.3 cm³/mol. The summed E-state index contributed by atoms with van der Waals surface area (Å²) in [6.45, 7) is 0. The zero-order valence-corrected chi connectivity index (χ0v) is 14.3. The van der Waals surface area contributed by atoms with Gasteiger partial charge in [-0.2, -0.15) is 0 Å². The molecule has 0 radical (unpaired) electrons. The van der Waals surface area contributed by atoms with E-state index in [1.807, 2.05) is 6.07 Å². The molecule has 1 unspecified atom stereocenters. The maximum absolute atomic E-state index is 12.7. The number of rotatable bonds is 7. The zero-order chi connectivity index (χ0) is 18.5. The van der Waals surface area contributed by atoms with Gasteiger partial charge in [0.1, 0.15) is 16.6 Å². The third-order valence-corrected chi connectivity index (χ3v) is 4.42. The first kappa shape index (κ1) is 17.5. The maximum Gasteiger partial charge on any atom is 0.287 e. The van der Waals surface area contributed by atoms with E-state index in [4.69, 9.17) is 5.73 Å². The van der Waals surface area contributed by atoms with Crippen LogP contribution in [0.1, 0.15) is 15.2 Å². The number of hydrogen-bond acceptors (Lipinski definition) is 6. The van der Waals surface area contributed by atoms with Crippen molar-refractivity contribution in [2.24, 2.45) is 5.73 Å². The first-order valence-electron chi connectivity index (χ1n) is 7.71. The van der Waals surface area contributed by atoms with Crippen LogP contribution in [0.3, 0.4) is 0 Å². The number of carbonyl (C=O) groups is 3. The molecule has 0 aliphatic rings. The largest absolute Gasteiger partial charge is 0.363 e. The van der Waals surface area contributed by atoms with Crippen LogP contribution in [0.2, 0.25) is 0 Å². The Kier molecular flexibility index (Phi) is 5.18. The third-order valence-electron chi connectivity index (χ3n) is 3.69. The molecular weight excluding hydrogens is 354 g/mol. The van der Waals surface area contributed by atoms with E-state index in [9.17, 15) is 14.4 Å². The molecule has 0 bridgehead atoms. The van der Waals surface area contributed by atoms with Crippen LogP contribution in [0.5, 0.6) is 0 Å². The quantitative estimate of drug-likeness (QED) is 0.533. The number of primary amides is 1. The van der Waals surface area contributed by atoms with Crippen molar-refractivity contribution >= 4 is 29.1 Å². The molecule has 0 saturated carbocycles. The molecule has 132 valence electrons. The Morgan fingerprint density at radius 2 is 1.92 bits per heavy atom. The van der Waals surface area contributed by atoms with E-state index in [0.29, 0.717) is 11.4 Å². The van der Waals surface area contributed by atoms with Gasteiger partial charge >= 0.3 is 0 Å². The molecule has 0 aliphatic carbocycles. The Morgan fingerprint density at radius 1 is 1.15 bits per heavy atom. The van der Waals surface area contributed by atoms with Gasteiger partial charge in [0.15, 0.2) is 0 Å². The van der Waals surface area contributed by atoms with Crippen molar-refractivity contribution in [3.63, 3.8) is 0 Å². The lowest BCUT2D eigenvalue weighted by molar-refractivity contribution is -0.137. The number of hydrogen-bond donors (Lipinski definition) is 3. The van der Waals surface area contributed by atoms with Gasteiger partial charge in [-0.25, -0.2) is 0 Å². The van der Waals surface area contributed by atoms with Crippen LogP contribution in [-0.4, -0.2) is 38.2 Å². The molecule has 4 N–H and O–H groups in total. The highest BCUT2D eigenvalue weighted by Crippen LogP contribution is 2.22. The number of ketones is 1. The summed E-state index contributed by atoms with van der Waals surface area (Å²) in [5.74, 6) is -2.50. The average molecular weight is 369 g/mol. The van der Waals surface area contributed by atoms with Crippen molar-refractivity contribution in [2.75, 3.05) is 0 Å². The number of nitrogens with two attached hydrogens (primary N) is 1. The molecule has 0 spiro atoms. The topological polar surface area (TPSA) is 131 Å². The molecule has 0 fully saturated rings. The summed E-state index contributed by atoms with van der Waals surface area (Å²) in [6.07, 6.45) is 1.85.